The Kier molecular flexibility index (Phi) is 15.7. The normalized spacial score (nSPS) is 17.2. The Hall–Kier alpha value is -3.91. The summed E-state index contributed by atoms with van der Waals surface area (Å²) in [6.45, 7) is 14.5. The molecule has 8 rings (SSSR count). The van der Waals surface area contributed by atoms with Gasteiger partial charge in [-0.25, -0.2) is 0 Å². The van der Waals surface area contributed by atoms with Crippen LogP contribution in [-0.4, -0.2) is 36.1 Å². The van der Waals surface area contributed by atoms with E-state index < -0.39 is 7.26 Å². The van der Waals surface area contributed by atoms with Crippen LogP contribution >= 0.6 is 53.5 Å². The first-order chi connectivity index (χ1) is 31.2. The fourth-order valence-electron chi connectivity index (χ4n) is 7.95. The number of nitrogens with zero attached hydrogens (tertiary/aromatic N) is 2. The second-order valence-electron chi connectivity index (χ2n) is 16.5. The standard InChI is InChI=1S/C55H53N2OPS4.Os/c1-8-19-46-28-30-48(62-46)52-50-51(55(56-52)61-36-38(5)6)53(57-54(50)60-35-37(3)4)49-31-29-47(63-49)27-26-41(32-42-34-58-33-40(42)9-2)39(7)59(43-20-13-10-14-21-43,44-22-15-11-16-23-44)45-24-17-12-18-25-45;/h8-32,37-38H,33-36H2,1-6H3;/q+1;/b19-8+,27-26+,40-9?,41-39?,42-32?;. The molecule has 3 aliphatic heterocycles. The molecule has 0 atom stereocenters. The van der Waals surface area contributed by atoms with Crippen LogP contribution in [0, 0.1) is 16.2 Å². The van der Waals surface area contributed by atoms with Crippen molar-refractivity contribution in [3.63, 3.8) is 0 Å². The van der Waals surface area contributed by atoms with E-state index in [1.54, 1.807) is 22.7 Å². The summed E-state index contributed by atoms with van der Waals surface area (Å²) in [5.74, 6) is 3.06. The summed E-state index contributed by atoms with van der Waals surface area (Å²) in [6.07, 6.45) is 13.5. The van der Waals surface area contributed by atoms with Gasteiger partial charge in [-0.05, 0) is 37.0 Å². The van der Waals surface area contributed by atoms with Crippen molar-refractivity contribution in [1.29, 1.82) is 0 Å². The van der Waals surface area contributed by atoms with Crippen molar-refractivity contribution < 1.29 is 22.7 Å². The first-order valence-electron chi connectivity index (χ1n) is 21.8. The molecule has 5 heterocycles. The van der Waals surface area contributed by atoms with E-state index >= 15 is 0 Å². The first kappa shape index (κ1) is 46.6. The fraction of sp³-hybridized carbons (Fsp3) is 0.218. The molecule has 0 amide bonds. The zero-order valence-electron chi connectivity index (χ0n) is 37.2. The monoisotopic (exact) mass is 1110 g/mol. The van der Waals surface area contributed by atoms with Crippen LogP contribution in [-0.2, 0) is 22.7 Å². The Morgan fingerprint density at radius 1 is 0.672 bits per heavy atom. The second-order valence-corrected chi connectivity index (χ2v) is 24.7. The van der Waals surface area contributed by atoms with Crippen LogP contribution in [0.5, 0.6) is 0 Å². The number of aliphatic imine (C=N–C) groups is 2. The summed E-state index contributed by atoms with van der Waals surface area (Å²) in [5, 5.41) is 7.26. The minimum atomic E-state index is -2.45. The van der Waals surface area contributed by atoms with Gasteiger partial charge in [0.2, 0.25) is 0 Å². The predicted octanol–water partition coefficient (Wildman–Crippen LogP) is 14.0. The van der Waals surface area contributed by atoms with Gasteiger partial charge in [0.25, 0.3) is 0 Å². The molecule has 0 N–H and O–H groups in total. The molecule has 9 heteroatoms. The molecular weight excluding hydrogens is 1050 g/mol. The van der Waals surface area contributed by atoms with Crippen LogP contribution in [0.15, 0.2) is 193 Å². The van der Waals surface area contributed by atoms with Crippen LogP contribution in [0.25, 0.3) is 12.2 Å². The molecule has 0 spiro atoms. The van der Waals surface area contributed by atoms with E-state index in [1.807, 2.05) is 41.5 Å². The quantitative estimate of drug-likeness (QED) is 0.0729. The molecule has 325 valence electrons. The van der Waals surface area contributed by atoms with Gasteiger partial charge in [0.15, 0.2) is 0 Å². The number of benzene rings is 3. The van der Waals surface area contributed by atoms with Crippen molar-refractivity contribution in [2.75, 3.05) is 24.7 Å². The molecule has 3 aromatic carbocycles. The Morgan fingerprint density at radius 3 is 1.58 bits per heavy atom. The van der Waals surface area contributed by atoms with Crippen LogP contribution < -0.4 is 15.9 Å². The second kappa shape index (κ2) is 21.6. The van der Waals surface area contributed by atoms with Gasteiger partial charge in [-0.2, -0.15) is 0 Å². The van der Waals surface area contributed by atoms with Crippen molar-refractivity contribution in [1.82, 2.24) is 0 Å². The third kappa shape index (κ3) is 9.93. The number of ether oxygens (including phenoxy) is 1. The van der Waals surface area contributed by atoms with Crippen molar-refractivity contribution in [3.05, 3.63) is 202 Å². The molecule has 0 unspecified atom stereocenters. The summed E-state index contributed by atoms with van der Waals surface area (Å²) < 4.78 is 9.96. The van der Waals surface area contributed by atoms with Gasteiger partial charge in [0, 0.05) is 16.4 Å². The number of rotatable bonds is 16. The zero-order chi connectivity index (χ0) is 44.6. The molecule has 0 bridgehead atoms. The number of thiophene rings is 2. The third-order valence-electron chi connectivity index (χ3n) is 10.9. The van der Waals surface area contributed by atoms with Crippen molar-refractivity contribution in [3.8, 4) is 4.37 Å². The molecular formula is C55H53N2OOsPS4+. The molecule has 0 radical (unpaired) electrons. The summed E-state index contributed by atoms with van der Waals surface area (Å²) in [7, 11) is -2.45. The zero-order valence-corrected chi connectivity index (χ0v) is 43.9. The number of hydrogen-bond acceptors (Lipinski definition) is 7. The average Bonchev–Trinajstić information content (AvgIpc) is 4.17. The van der Waals surface area contributed by atoms with Crippen molar-refractivity contribution >= 4 is 92.9 Å². The Balaban J connectivity index is 1.27. The molecule has 1 fully saturated rings. The SMILES string of the molecule is CC=C1COCC1=CC(/C=C/c1ccc(C2=NC(SCC(C)C)=C3C(c4ccc(/C=C/C)s4)=NC(SCC(C)C)=C23)s1)=C([C]#[Os])[P+](c1ccccc1)(c1ccccc1)c1ccccc1. The molecule has 5 aromatic rings. The van der Waals surface area contributed by atoms with Crippen LogP contribution in [0.2, 0.25) is 0 Å². The van der Waals surface area contributed by atoms with Gasteiger partial charge in [0.1, 0.15) is 0 Å². The topological polar surface area (TPSA) is 34.0 Å². The Morgan fingerprint density at radius 2 is 1.14 bits per heavy atom. The van der Waals surface area contributed by atoms with Crippen LogP contribution in [0.4, 0.5) is 0 Å². The van der Waals surface area contributed by atoms with E-state index in [1.165, 1.54) is 58.2 Å². The fourth-order valence-corrected chi connectivity index (χ4v) is 17.6. The number of allylic oxidation sites excluding steroid dienone is 8. The maximum absolute atomic E-state index is 6.07. The van der Waals surface area contributed by atoms with Gasteiger partial charge in [-0.3, -0.25) is 0 Å². The van der Waals surface area contributed by atoms with Gasteiger partial charge < -0.3 is 0 Å². The minimum absolute atomic E-state index is 0.537. The maximum atomic E-state index is 6.07. The summed E-state index contributed by atoms with van der Waals surface area (Å²) in [5.41, 5.74) is 8.08. The Labute approximate surface area is 407 Å². The molecule has 0 saturated carbocycles. The van der Waals surface area contributed by atoms with E-state index in [9.17, 15) is 0 Å². The van der Waals surface area contributed by atoms with Crippen LogP contribution in [0.1, 0.15) is 61.1 Å². The van der Waals surface area contributed by atoms with Gasteiger partial charge in [-0.1, -0.05) is 33.8 Å². The summed E-state index contributed by atoms with van der Waals surface area (Å²) in [6, 6.07) is 42.2. The molecule has 3 nitrogen and oxygen atoms in total. The molecule has 0 aliphatic carbocycles. The van der Waals surface area contributed by atoms with Crippen molar-refractivity contribution in [2.45, 2.75) is 41.5 Å². The predicted molar refractivity (Wildman–Crippen MR) is 283 cm³/mol. The van der Waals surface area contributed by atoms with Crippen LogP contribution in [0.3, 0.4) is 0 Å². The van der Waals surface area contributed by atoms with Gasteiger partial charge in [0.05, 0.1) is 4.88 Å². The average molecular weight is 1110 g/mol. The van der Waals surface area contributed by atoms with Gasteiger partial charge in [-0.15, -0.1) is 11.3 Å². The van der Waals surface area contributed by atoms with E-state index in [-0.39, 0.29) is 0 Å². The number of hydrogen-bond donors (Lipinski definition) is 0. The first-order valence-corrected chi connectivity index (χ1v) is 28.4. The molecule has 3 aliphatic rings. The molecule has 64 heavy (non-hydrogen) atoms. The van der Waals surface area contributed by atoms with E-state index in [0.717, 1.165) is 43.4 Å². The number of fused-ring (bicyclic) bond motifs is 1. The summed E-state index contributed by atoms with van der Waals surface area (Å²) >= 11 is 9.16. The van der Waals surface area contributed by atoms with E-state index in [2.05, 4.69) is 198 Å². The van der Waals surface area contributed by atoms with E-state index in [4.69, 9.17) is 14.7 Å². The van der Waals surface area contributed by atoms with E-state index in [0.29, 0.717) is 25.0 Å². The van der Waals surface area contributed by atoms with Gasteiger partial charge >= 0.3 is 307 Å². The Bertz CT molecular complexity index is 2720. The molecule has 1 saturated heterocycles. The number of thioether (sulfide) groups is 2. The third-order valence-corrected chi connectivity index (χ3v) is 21.2. The van der Waals surface area contributed by atoms with Crippen molar-refractivity contribution in [2.24, 2.45) is 21.8 Å². The summed E-state index contributed by atoms with van der Waals surface area (Å²) in [4.78, 5) is 15.7. The molecule has 2 aromatic heterocycles.